The van der Waals surface area contributed by atoms with Crippen LogP contribution in [0.3, 0.4) is 0 Å². The van der Waals surface area contributed by atoms with E-state index in [0.717, 1.165) is 32.1 Å². The van der Waals surface area contributed by atoms with E-state index in [4.69, 9.17) is 9.47 Å². The van der Waals surface area contributed by atoms with E-state index in [1.807, 2.05) is 11.4 Å². The zero-order chi connectivity index (χ0) is 23.3. The van der Waals surface area contributed by atoms with Gasteiger partial charge in [0.25, 0.3) is 0 Å². The number of rotatable bonds is 14. The molecule has 2 aromatic rings. The lowest BCUT2D eigenvalue weighted by Gasteiger charge is -2.15. The Hall–Kier alpha value is -2.51. The molecule has 0 aliphatic rings. The lowest BCUT2D eigenvalue weighted by molar-refractivity contribution is -0.153. The zero-order valence-electron chi connectivity index (χ0n) is 18.7. The first-order chi connectivity index (χ1) is 15.4. The van der Waals surface area contributed by atoms with Crippen LogP contribution in [0.1, 0.15) is 79.1 Å². The van der Waals surface area contributed by atoms with E-state index in [1.165, 1.54) is 11.3 Å². The molecule has 0 radical (unpaired) electrons. The Bertz CT molecular complexity index is 844. The number of unbranched alkanes of at least 4 members (excludes halogenated alkanes) is 4. The van der Waals surface area contributed by atoms with Gasteiger partial charge >= 0.3 is 11.9 Å². The third-order valence-electron chi connectivity index (χ3n) is 5.11. The minimum absolute atomic E-state index is 0.0552. The predicted molar refractivity (Wildman–Crippen MR) is 124 cm³/mol. The van der Waals surface area contributed by atoms with E-state index < -0.39 is 18.0 Å². The summed E-state index contributed by atoms with van der Waals surface area (Å²) in [6.45, 7) is 3.38. The van der Waals surface area contributed by atoms with Gasteiger partial charge in [-0.2, -0.15) is 0 Å². The lowest BCUT2D eigenvalue weighted by atomic mass is 9.98. The molecule has 1 aromatic heterocycles. The fraction of sp³-hybridized carbons (Fsp3) is 0.480. The highest BCUT2D eigenvalue weighted by atomic mass is 32.1. The molecule has 1 heterocycles. The van der Waals surface area contributed by atoms with Gasteiger partial charge in [0.2, 0.25) is 5.78 Å². The maximum absolute atomic E-state index is 12.4. The Morgan fingerprint density at radius 2 is 1.66 bits per heavy atom. The Labute approximate surface area is 193 Å². The van der Waals surface area contributed by atoms with E-state index >= 15 is 0 Å². The molecule has 0 aliphatic carbocycles. The first kappa shape index (κ1) is 25.7. The maximum Gasteiger partial charge on any atom is 0.313 e. The minimum atomic E-state index is -1.07. The number of esters is 2. The van der Waals surface area contributed by atoms with Crippen LogP contribution in [0.25, 0.3) is 0 Å². The smallest absolute Gasteiger partial charge is 0.313 e. The van der Waals surface area contributed by atoms with Crippen LogP contribution in [0, 0.1) is 0 Å². The van der Waals surface area contributed by atoms with Crippen molar-refractivity contribution in [1.29, 1.82) is 0 Å². The molecule has 2 atom stereocenters. The molecule has 6 nitrogen and oxygen atoms in total. The van der Waals surface area contributed by atoms with Crippen LogP contribution in [0.2, 0.25) is 0 Å². The van der Waals surface area contributed by atoms with E-state index in [-0.39, 0.29) is 25.0 Å². The van der Waals surface area contributed by atoms with Crippen molar-refractivity contribution in [3.05, 3.63) is 57.8 Å². The van der Waals surface area contributed by atoms with Crippen molar-refractivity contribution >= 4 is 29.1 Å². The number of hydrogen-bond acceptors (Lipinski definition) is 7. The third-order valence-corrected chi connectivity index (χ3v) is 5.98. The topological polar surface area (TPSA) is 89.9 Å². The number of carbonyl (C=O) groups is 3. The summed E-state index contributed by atoms with van der Waals surface area (Å²) in [4.78, 5) is 37.0. The number of carbonyl (C=O) groups excluding carboxylic acids is 3. The maximum atomic E-state index is 12.4. The monoisotopic (exact) mass is 460 g/mol. The van der Waals surface area contributed by atoms with Crippen LogP contribution in [0.5, 0.6) is 0 Å². The van der Waals surface area contributed by atoms with Crippen molar-refractivity contribution in [2.75, 3.05) is 13.2 Å². The third kappa shape index (κ3) is 8.55. The van der Waals surface area contributed by atoms with Gasteiger partial charge in [-0.3, -0.25) is 14.4 Å². The molecule has 0 spiro atoms. The minimum Gasteiger partial charge on any atom is -0.463 e. The van der Waals surface area contributed by atoms with Crippen molar-refractivity contribution < 1.29 is 29.0 Å². The van der Waals surface area contributed by atoms with E-state index in [9.17, 15) is 19.5 Å². The summed E-state index contributed by atoms with van der Waals surface area (Å²) in [6, 6.07) is 10.4. The van der Waals surface area contributed by atoms with E-state index in [0.29, 0.717) is 22.4 Å². The van der Waals surface area contributed by atoms with Crippen molar-refractivity contribution in [3.8, 4) is 0 Å². The highest BCUT2D eigenvalue weighted by Gasteiger charge is 2.20. The number of hydrogen-bond donors (Lipinski definition) is 1. The molecule has 0 saturated carbocycles. The summed E-state index contributed by atoms with van der Waals surface area (Å²) < 4.78 is 10.2. The molecule has 0 saturated heterocycles. The SMILES string of the molecule is CCCCCCCC(=O)OC[C@H](O)COC(=O)C(C)c1ccc(C(=O)c2cccs2)cc1. The average molecular weight is 461 g/mol. The molecule has 0 fully saturated rings. The fourth-order valence-corrected chi connectivity index (χ4v) is 3.78. The van der Waals surface area contributed by atoms with Crippen molar-refractivity contribution in [2.24, 2.45) is 0 Å². The summed E-state index contributed by atoms with van der Waals surface area (Å²) in [7, 11) is 0. The van der Waals surface area contributed by atoms with Crippen molar-refractivity contribution in [2.45, 2.75) is 64.4 Å². The van der Waals surface area contributed by atoms with Gasteiger partial charge < -0.3 is 14.6 Å². The van der Waals surface area contributed by atoms with E-state index in [2.05, 4.69) is 6.92 Å². The second-order valence-corrected chi connectivity index (χ2v) is 8.73. The van der Waals surface area contributed by atoms with Crippen LogP contribution >= 0.6 is 11.3 Å². The molecule has 1 aromatic carbocycles. The van der Waals surface area contributed by atoms with Crippen LogP contribution in [-0.4, -0.2) is 42.1 Å². The Morgan fingerprint density at radius 1 is 0.969 bits per heavy atom. The van der Waals surface area contributed by atoms with Crippen LogP contribution in [0.15, 0.2) is 41.8 Å². The Morgan fingerprint density at radius 3 is 2.31 bits per heavy atom. The van der Waals surface area contributed by atoms with Crippen LogP contribution < -0.4 is 0 Å². The van der Waals surface area contributed by atoms with Crippen molar-refractivity contribution in [3.63, 3.8) is 0 Å². The Kier molecular flexibility index (Phi) is 11.1. The van der Waals surface area contributed by atoms with E-state index in [1.54, 1.807) is 37.3 Å². The molecule has 0 bridgehead atoms. The Balaban J connectivity index is 1.70. The molecule has 1 N–H and O–H groups in total. The van der Waals surface area contributed by atoms with Gasteiger partial charge in [0.15, 0.2) is 0 Å². The highest BCUT2D eigenvalue weighted by molar-refractivity contribution is 7.12. The summed E-state index contributed by atoms with van der Waals surface area (Å²) in [5.41, 5.74) is 1.26. The number of aliphatic hydroxyl groups excluding tert-OH is 1. The van der Waals surface area contributed by atoms with Crippen LogP contribution in [0.4, 0.5) is 0 Å². The van der Waals surface area contributed by atoms with Gasteiger partial charge in [0.1, 0.15) is 19.3 Å². The van der Waals surface area contributed by atoms with Gasteiger partial charge in [-0.1, -0.05) is 62.9 Å². The average Bonchev–Trinajstić information content (AvgIpc) is 3.35. The quantitative estimate of drug-likeness (QED) is 0.245. The number of benzene rings is 1. The summed E-state index contributed by atoms with van der Waals surface area (Å²) in [6.07, 6.45) is 4.44. The zero-order valence-corrected chi connectivity index (χ0v) is 19.6. The first-order valence-corrected chi connectivity index (χ1v) is 12.0. The number of aliphatic hydroxyl groups is 1. The molecule has 7 heteroatoms. The van der Waals surface area contributed by atoms with Crippen LogP contribution in [-0.2, 0) is 19.1 Å². The number of thiophene rings is 1. The van der Waals surface area contributed by atoms with Crippen molar-refractivity contribution in [1.82, 2.24) is 0 Å². The second kappa shape index (κ2) is 13.8. The fourth-order valence-electron chi connectivity index (χ4n) is 3.09. The summed E-state index contributed by atoms with van der Waals surface area (Å²) >= 11 is 1.38. The number of ketones is 1. The van der Waals surface area contributed by atoms with Gasteiger partial charge in [0, 0.05) is 12.0 Å². The number of ether oxygens (including phenoxy) is 2. The predicted octanol–water partition coefficient (Wildman–Crippen LogP) is 4.89. The second-order valence-electron chi connectivity index (χ2n) is 7.78. The van der Waals surface area contributed by atoms with Gasteiger partial charge in [-0.05, 0) is 30.4 Å². The molecular weight excluding hydrogens is 428 g/mol. The lowest BCUT2D eigenvalue weighted by Crippen LogP contribution is -2.26. The van der Waals surface area contributed by atoms with Gasteiger partial charge in [-0.25, -0.2) is 0 Å². The molecule has 0 amide bonds. The molecule has 2 rings (SSSR count). The molecule has 174 valence electrons. The van der Waals surface area contributed by atoms with Gasteiger partial charge in [0.05, 0.1) is 10.8 Å². The van der Waals surface area contributed by atoms with Gasteiger partial charge in [-0.15, -0.1) is 11.3 Å². The summed E-state index contributed by atoms with van der Waals surface area (Å²) in [5, 5.41) is 11.8. The molecule has 0 aliphatic heterocycles. The first-order valence-electron chi connectivity index (χ1n) is 11.1. The normalized spacial score (nSPS) is 12.7. The molecule has 32 heavy (non-hydrogen) atoms. The largest absolute Gasteiger partial charge is 0.463 e. The standard InChI is InChI=1S/C25H32O6S/c1-3-4-5-6-7-10-23(27)30-16-21(26)17-31-25(29)18(2)19-11-13-20(14-12-19)24(28)22-9-8-15-32-22/h8-9,11-15,18,21,26H,3-7,10,16-17H2,1-2H3/t18?,21-/m0/s1. The molecule has 1 unspecified atom stereocenters. The summed E-state index contributed by atoms with van der Waals surface area (Å²) in [5.74, 6) is -1.46. The highest BCUT2D eigenvalue weighted by Crippen LogP contribution is 2.20. The molecular formula is C25H32O6S.